The second-order valence-corrected chi connectivity index (χ2v) is 9.14. The smallest absolute Gasteiger partial charge is 0.208 e. The van der Waals surface area contributed by atoms with E-state index >= 15 is 0 Å². The van der Waals surface area contributed by atoms with Crippen LogP contribution in [0, 0.1) is 0 Å². The van der Waals surface area contributed by atoms with E-state index < -0.39 is 10.0 Å². The van der Waals surface area contributed by atoms with E-state index in [4.69, 9.17) is 0 Å². The molecular weight excluding hydrogens is 386 g/mol. The molecule has 1 saturated heterocycles. The molecule has 3 rings (SSSR count). The van der Waals surface area contributed by atoms with Gasteiger partial charge in [0.05, 0.1) is 12.8 Å². The number of sulfonamides is 1. The predicted octanol–water partition coefficient (Wildman–Crippen LogP) is 1.47. The lowest BCUT2D eigenvalue weighted by atomic mass is 10.0. The maximum atomic E-state index is 11.2. The maximum absolute atomic E-state index is 11.2. The summed E-state index contributed by atoms with van der Waals surface area (Å²) in [4.78, 5) is 9.31. The van der Waals surface area contributed by atoms with Crippen molar-refractivity contribution in [1.29, 1.82) is 0 Å². The number of benzene rings is 2. The van der Waals surface area contributed by atoms with Gasteiger partial charge in [-0.15, -0.1) is 0 Å². The van der Waals surface area contributed by atoms with Crippen molar-refractivity contribution in [2.24, 2.45) is 4.99 Å². The van der Waals surface area contributed by atoms with E-state index in [1.54, 1.807) is 0 Å². The summed E-state index contributed by atoms with van der Waals surface area (Å²) in [5.41, 5.74) is 1.36. The van der Waals surface area contributed by atoms with Crippen LogP contribution in [0.5, 0.6) is 0 Å². The van der Waals surface area contributed by atoms with Gasteiger partial charge in [0.1, 0.15) is 0 Å². The van der Waals surface area contributed by atoms with Crippen LogP contribution in [0.15, 0.2) is 47.5 Å². The minimum Gasteiger partial charge on any atom is -0.357 e. The van der Waals surface area contributed by atoms with E-state index in [9.17, 15) is 8.42 Å². The van der Waals surface area contributed by atoms with E-state index in [-0.39, 0.29) is 0 Å². The van der Waals surface area contributed by atoms with Crippen LogP contribution in [-0.2, 0) is 16.6 Å². The zero-order chi connectivity index (χ0) is 20.7. The Balaban J connectivity index is 1.56. The Bertz CT molecular complexity index is 932. The highest BCUT2D eigenvalue weighted by molar-refractivity contribution is 7.88. The summed E-state index contributed by atoms with van der Waals surface area (Å²) in [7, 11) is -3.17. The molecule has 2 N–H and O–H groups in total. The first-order chi connectivity index (χ1) is 14.0. The minimum absolute atomic E-state index is 0.314. The van der Waals surface area contributed by atoms with E-state index in [0.29, 0.717) is 13.1 Å². The Labute approximate surface area is 173 Å². The molecule has 0 saturated carbocycles. The average molecular weight is 418 g/mol. The summed E-state index contributed by atoms with van der Waals surface area (Å²) >= 11 is 0. The lowest BCUT2D eigenvalue weighted by molar-refractivity contribution is 0.173. The van der Waals surface area contributed by atoms with Crippen LogP contribution in [-0.4, -0.2) is 76.2 Å². The molecule has 2 aromatic carbocycles. The summed E-state index contributed by atoms with van der Waals surface area (Å²) in [6.07, 6.45) is 1.16. The molecule has 0 aliphatic carbocycles. The van der Waals surface area contributed by atoms with Crippen molar-refractivity contribution in [3.8, 4) is 0 Å². The number of guanidine groups is 1. The van der Waals surface area contributed by atoms with Gasteiger partial charge >= 0.3 is 0 Å². The van der Waals surface area contributed by atoms with E-state index in [1.165, 1.54) is 16.3 Å². The highest BCUT2D eigenvalue weighted by Crippen LogP contribution is 2.20. The second kappa shape index (κ2) is 10.0. The molecule has 1 heterocycles. The minimum atomic E-state index is -3.17. The first-order valence-electron chi connectivity index (χ1n) is 10.1. The third-order valence-electron chi connectivity index (χ3n) is 5.02. The summed E-state index contributed by atoms with van der Waals surface area (Å²) in [5, 5.41) is 5.93. The van der Waals surface area contributed by atoms with Gasteiger partial charge < -0.3 is 10.2 Å². The molecule has 1 fully saturated rings. The number of aliphatic imine (C=N–C) groups is 1. The lowest BCUT2D eigenvalue weighted by Crippen LogP contribution is -2.52. The number of rotatable bonds is 7. The first kappa shape index (κ1) is 21.5. The molecule has 0 unspecified atom stereocenters. The Morgan fingerprint density at radius 1 is 1.07 bits per heavy atom. The van der Waals surface area contributed by atoms with Gasteiger partial charge in [0.25, 0.3) is 0 Å². The van der Waals surface area contributed by atoms with E-state index in [0.717, 1.165) is 51.5 Å². The van der Waals surface area contributed by atoms with Gasteiger partial charge in [0, 0.05) is 45.8 Å². The van der Waals surface area contributed by atoms with Crippen LogP contribution in [0.2, 0.25) is 0 Å². The lowest BCUT2D eigenvalue weighted by Gasteiger charge is -2.36. The topological polar surface area (TPSA) is 77.0 Å². The predicted molar refractivity (Wildman–Crippen MR) is 120 cm³/mol. The molecule has 158 valence electrons. The van der Waals surface area contributed by atoms with Crippen molar-refractivity contribution >= 4 is 26.8 Å². The Morgan fingerprint density at radius 3 is 2.52 bits per heavy atom. The van der Waals surface area contributed by atoms with E-state index in [1.807, 2.05) is 6.92 Å². The zero-order valence-corrected chi connectivity index (χ0v) is 18.1. The summed E-state index contributed by atoms with van der Waals surface area (Å²) < 4.78 is 24.8. The van der Waals surface area contributed by atoms with Gasteiger partial charge in [0.2, 0.25) is 10.0 Å². The maximum Gasteiger partial charge on any atom is 0.208 e. The third kappa shape index (κ3) is 6.42. The van der Waals surface area contributed by atoms with Crippen molar-refractivity contribution in [2.45, 2.75) is 13.5 Å². The molecule has 0 bridgehead atoms. The van der Waals surface area contributed by atoms with Gasteiger partial charge in [-0.3, -0.25) is 9.89 Å². The van der Waals surface area contributed by atoms with Gasteiger partial charge in [-0.1, -0.05) is 42.5 Å². The number of nitrogens with zero attached hydrogens (tertiary/aromatic N) is 3. The first-order valence-corrected chi connectivity index (χ1v) is 12.0. The Kier molecular flexibility index (Phi) is 7.46. The van der Waals surface area contributed by atoms with Crippen LogP contribution < -0.4 is 10.0 Å². The fraction of sp³-hybridized carbons (Fsp3) is 0.476. The van der Waals surface area contributed by atoms with Crippen LogP contribution in [0.3, 0.4) is 0 Å². The van der Waals surface area contributed by atoms with Crippen LogP contribution in [0.4, 0.5) is 0 Å². The number of hydrogen-bond acceptors (Lipinski definition) is 4. The van der Waals surface area contributed by atoms with Crippen LogP contribution >= 0.6 is 0 Å². The quantitative estimate of drug-likeness (QED) is 0.405. The monoisotopic (exact) mass is 417 g/mol. The molecule has 0 aromatic heterocycles. The molecule has 29 heavy (non-hydrogen) atoms. The highest BCUT2D eigenvalue weighted by atomic mass is 32.2. The van der Waals surface area contributed by atoms with Crippen LogP contribution in [0.1, 0.15) is 12.5 Å². The van der Waals surface area contributed by atoms with Gasteiger partial charge in [-0.2, -0.15) is 0 Å². The molecule has 0 spiro atoms. The zero-order valence-electron chi connectivity index (χ0n) is 17.3. The third-order valence-corrected chi connectivity index (χ3v) is 5.75. The van der Waals surface area contributed by atoms with Crippen molar-refractivity contribution in [3.63, 3.8) is 0 Å². The fourth-order valence-corrected chi connectivity index (χ4v) is 4.07. The Morgan fingerprint density at radius 2 is 1.79 bits per heavy atom. The molecule has 2 aromatic rings. The van der Waals surface area contributed by atoms with Crippen molar-refractivity contribution in [2.75, 3.05) is 52.1 Å². The fourth-order valence-electron chi connectivity index (χ4n) is 3.61. The summed E-state index contributed by atoms with van der Waals surface area (Å²) in [6, 6.07) is 15.0. The van der Waals surface area contributed by atoms with Crippen molar-refractivity contribution in [1.82, 2.24) is 19.8 Å². The standard InChI is InChI=1S/C21H31N5O2S/c1-3-22-21(23-11-12-24-29(2,27)28)26-15-13-25(14-16-26)17-19-9-6-8-18-7-4-5-10-20(18)19/h4-10,24H,3,11-17H2,1-2H3,(H,22,23). The largest absolute Gasteiger partial charge is 0.357 e. The highest BCUT2D eigenvalue weighted by Gasteiger charge is 2.20. The molecule has 8 heteroatoms. The van der Waals surface area contributed by atoms with Gasteiger partial charge in [-0.25, -0.2) is 13.1 Å². The van der Waals surface area contributed by atoms with E-state index in [2.05, 4.69) is 67.3 Å². The molecule has 1 aliphatic rings. The Hall–Kier alpha value is -2.16. The van der Waals surface area contributed by atoms with Crippen LogP contribution in [0.25, 0.3) is 10.8 Å². The number of fused-ring (bicyclic) bond motifs is 1. The summed E-state index contributed by atoms with van der Waals surface area (Å²) in [5.74, 6) is 0.854. The number of piperazine rings is 1. The number of nitrogens with one attached hydrogen (secondary N) is 2. The molecule has 0 amide bonds. The molecule has 0 radical (unpaired) electrons. The average Bonchev–Trinajstić information content (AvgIpc) is 2.70. The molecule has 0 atom stereocenters. The SMILES string of the molecule is CCNC(=NCCNS(C)(=O)=O)N1CCN(Cc2cccc3ccccc23)CC1. The van der Waals surface area contributed by atoms with Gasteiger partial charge in [-0.05, 0) is 23.3 Å². The second-order valence-electron chi connectivity index (χ2n) is 7.30. The number of hydrogen-bond donors (Lipinski definition) is 2. The van der Waals surface area contributed by atoms with Crippen molar-refractivity contribution in [3.05, 3.63) is 48.0 Å². The molecule has 1 aliphatic heterocycles. The summed E-state index contributed by atoms with van der Waals surface area (Å²) in [6.45, 7) is 8.24. The molecule has 7 nitrogen and oxygen atoms in total. The molecular formula is C21H31N5O2S. The normalized spacial score (nSPS) is 16.3. The van der Waals surface area contributed by atoms with Crippen molar-refractivity contribution < 1.29 is 8.42 Å². The van der Waals surface area contributed by atoms with Gasteiger partial charge in [0.15, 0.2) is 5.96 Å².